The van der Waals surface area contributed by atoms with E-state index < -0.39 is 0 Å². The van der Waals surface area contributed by atoms with Gasteiger partial charge in [0, 0.05) is 30.2 Å². The maximum Gasteiger partial charge on any atom is 0.215 e. The van der Waals surface area contributed by atoms with Gasteiger partial charge in [-0.15, -0.1) is 0 Å². The van der Waals surface area contributed by atoms with Gasteiger partial charge < -0.3 is 5.32 Å². The zero-order valence-electron chi connectivity index (χ0n) is 8.98. The van der Waals surface area contributed by atoms with Crippen LogP contribution in [0.3, 0.4) is 0 Å². The summed E-state index contributed by atoms with van der Waals surface area (Å²) in [4.78, 5) is 8.36. The monoisotopic (exact) mass is 248 g/mol. The Bertz CT molecular complexity index is 670. The van der Waals surface area contributed by atoms with E-state index in [0.717, 1.165) is 11.3 Å². The molecule has 7 heteroatoms. The Labute approximate surface area is 102 Å². The van der Waals surface area contributed by atoms with Crippen LogP contribution >= 0.6 is 11.6 Å². The highest BCUT2D eigenvalue weighted by Gasteiger charge is 2.06. The molecule has 0 atom stereocenters. The van der Waals surface area contributed by atoms with Gasteiger partial charge >= 0.3 is 0 Å². The molecule has 0 spiro atoms. The van der Waals surface area contributed by atoms with Crippen molar-refractivity contribution in [1.29, 1.82) is 0 Å². The first kappa shape index (κ1) is 10.1. The predicted molar refractivity (Wildman–Crippen MR) is 64.6 cm³/mol. The van der Waals surface area contributed by atoms with Crippen LogP contribution in [0, 0.1) is 6.92 Å². The second-order valence-electron chi connectivity index (χ2n) is 3.62. The molecule has 3 aromatic rings. The summed E-state index contributed by atoms with van der Waals surface area (Å²) in [6.45, 7) is 1.93. The van der Waals surface area contributed by atoms with Crippen LogP contribution < -0.4 is 5.32 Å². The highest BCUT2D eigenvalue weighted by Crippen LogP contribution is 2.18. The van der Waals surface area contributed by atoms with Gasteiger partial charge in [0.05, 0.1) is 0 Å². The van der Waals surface area contributed by atoms with Crippen LogP contribution in [0.5, 0.6) is 0 Å². The lowest BCUT2D eigenvalue weighted by Crippen LogP contribution is -2.01. The average Bonchev–Trinajstić information content (AvgIpc) is 2.87. The number of halogens is 1. The van der Waals surface area contributed by atoms with E-state index in [2.05, 4.69) is 25.5 Å². The molecule has 0 unspecified atom stereocenters. The topological polar surface area (TPSA) is 70.9 Å². The maximum absolute atomic E-state index is 5.92. The lowest BCUT2D eigenvalue weighted by atomic mass is 10.5. The van der Waals surface area contributed by atoms with Gasteiger partial charge in [0.25, 0.3) is 0 Å². The number of aromatic nitrogens is 5. The average molecular weight is 249 g/mol. The second-order valence-corrected chi connectivity index (χ2v) is 4.01. The first-order valence-corrected chi connectivity index (χ1v) is 5.39. The molecule has 3 heterocycles. The number of nitrogens with one attached hydrogen (secondary N) is 2. The summed E-state index contributed by atoms with van der Waals surface area (Å²) in [5.41, 5.74) is 1.70. The molecule has 0 radical (unpaired) electrons. The third-order valence-corrected chi connectivity index (χ3v) is 2.50. The number of fused-ring (bicyclic) bond motifs is 1. The third kappa shape index (κ3) is 1.83. The molecule has 0 saturated carbocycles. The molecule has 0 aliphatic heterocycles. The van der Waals surface area contributed by atoms with E-state index in [-0.39, 0.29) is 0 Å². The SMILES string of the molecule is Cc1cc(Nc2nc(Cl)cc3nccn23)n[nH]1. The zero-order valence-corrected chi connectivity index (χ0v) is 9.73. The van der Waals surface area contributed by atoms with E-state index in [1.165, 1.54) is 0 Å². The number of hydrogen-bond donors (Lipinski definition) is 2. The number of nitrogens with zero attached hydrogens (tertiary/aromatic N) is 4. The summed E-state index contributed by atoms with van der Waals surface area (Å²) in [6, 6.07) is 3.58. The molecule has 0 amide bonds. The second kappa shape index (κ2) is 3.74. The smallest absolute Gasteiger partial charge is 0.215 e. The molecule has 2 N–H and O–H groups in total. The fraction of sp³-hybridized carbons (Fsp3) is 0.100. The third-order valence-electron chi connectivity index (χ3n) is 2.30. The van der Waals surface area contributed by atoms with Crippen molar-refractivity contribution in [1.82, 2.24) is 24.6 Å². The van der Waals surface area contributed by atoms with E-state index >= 15 is 0 Å². The van der Waals surface area contributed by atoms with Gasteiger partial charge in [-0.05, 0) is 6.92 Å². The maximum atomic E-state index is 5.92. The van der Waals surface area contributed by atoms with E-state index in [4.69, 9.17) is 11.6 Å². The van der Waals surface area contributed by atoms with Crippen LogP contribution in [0.2, 0.25) is 5.15 Å². The summed E-state index contributed by atoms with van der Waals surface area (Å²) >= 11 is 5.92. The van der Waals surface area contributed by atoms with E-state index in [1.807, 2.05) is 13.0 Å². The summed E-state index contributed by atoms with van der Waals surface area (Å²) in [5.74, 6) is 1.27. The summed E-state index contributed by atoms with van der Waals surface area (Å²) in [5, 5.41) is 10.4. The van der Waals surface area contributed by atoms with Crippen molar-refractivity contribution in [2.75, 3.05) is 5.32 Å². The van der Waals surface area contributed by atoms with E-state index in [0.29, 0.717) is 16.9 Å². The lowest BCUT2D eigenvalue weighted by Gasteiger charge is -2.05. The van der Waals surface area contributed by atoms with Crippen LogP contribution in [0.15, 0.2) is 24.5 Å². The minimum Gasteiger partial charge on any atom is -0.308 e. The minimum absolute atomic E-state index is 0.387. The molecular formula is C10H9ClN6. The number of aryl methyl sites for hydroxylation is 1. The van der Waals surface area contributed by atoms with Gasteiger partial charge in [-0.3, -0.25) is 9.50 Å². The highest BCUT2D eigenvalue weighted by atomic mass is 35.5. The van der Waals surface area contributed by atoms with Crippen molar-refractivity contribution in [3.63, 3.8) is 0 Å². The van der Waals surface area contributed by atoms with Gasteiger partial charge in [0.1, 0.15) is 10.8 Å². The van der Waals surface area contributed by atoms with E-state index in [9.17, 15) is 0 Å². The minimum atomic E-state index is 0.387. The summed E-state index contributed by atoms with van der Waals surface area (Å²) < 4.78 is 1.80. The Hall–Kier alpha value is -2.08. The lowest BCUT2D eigenvalue weighted by molar-refractivity contribution is 1.03. The molecule has 3 aromatic heterocycles. The molecule has 0 saturated heterocycles. The number of hydrogen-bond acceptors (Lipinski definition) is 4. The molecule has 0 bridgehead atoms. The molecule has 6 nitrogen and oxygen atoms in total. The van der Waals surface area contributed by atoms with Crippen molar-refractivity contribution in [3.05, 3.63) is 35.4 Å². The van der Waals surface area contributed by atoms with Gasteiger partial charge in [-0.1, -0.05) is 11.6 Å². The number of rotatable bonds is 2. The van der Waals surface area contributed by atoms with Gasteiger partial charge in [-0.2, -0.15) is 5.10 Å². The Balaban J connectivity index is 2.07. The molecular weight excluding hydrogens is 240 g/mol. The summed E-state index contributed by atoms with van der Waals surface area (Å²) in [7, 11) is 0. The zero-order chi connectivity index (χ0) is 11.8. The number of H-pyrrole nitrogens is 1. The van der Waals surface area contributed by atoms with Crippen LogP contribution in [-0.2, 0) is 0 Å². The Morgan fingerprint density at radius 3 is 3.06 bits per heavy atom. The summed E-state index contributed by atoms with van der Waals surface area (Å²) in [6.07, 6.45) is 3.49. The quantitative estimate of drug-likeness (QED) is 0.682. The van der Waals surface area contributed by atoms with Crippen LogP contribution in [0.4, 0.5) is 11.8 Å². The standard InChI is InChI=1S/C10H9ClN6/c1-6-4-8(16-15-6)14-10-13-7(11)5-9-12-2-3-17(9)10/h2-5H,1H3,(H2,13,14,15,16). The normalized spacial score (nSPS) is 10.9. The Morgan fingerprint density at radius 2 is 2.29 bits per heavy atom. The van der Waals surface area contributed by atoms with Crippen LogP contribution in [0.25, 0.3) is 5.65 Å². The van der Waals surface area contributed by atoms with Gasteiger partial charge in [0.15, 0.2) is 5.82 Å². The van der Waals surface area contributed by atoms with Gasteiger partial charge in [0.2, 0.25) is 5.95 Å². The Kier molecular flexibility index (Phi) is 2.22. The fourth-order valence-electron chi connectivity index (χ4n) is 1.58. The van der Waals surface area contributed by atoms with Crippen molar-refractivity contribution in [3.8, 4) is 0 Å². The molecule has 17 heavy (non-hydrogen) atoms. The molecule has 86 valence electrons. The van der Waals surface area contributed by atoms with Crippen LogP contribution in [0.1, 0.15) is 5.69 Å². The number of aromatic amines is 1. The largest absolute Gasteiger partial charge is 0.308 e. The molecule has 0 aromatic carbocycles. The molecule has 0 fully saturated rings. The van der Waals surface area contributed by atoms with E-state index in [1.54, 1.807) is 22.9 Å². The first-order chi connectivity index (χ1) is 8.22. The van der Waals surface area contributed by atoms with Crippen LogP contribution in [-0.4, -0.2) is 24.6 Å². The fourth-order valence-corrected chi connectivity index (χ4v) is 1.76. The van der Waals surface area contributed by atoms with Crippen molar-refractivity contribution in [2.24, 2.45) is 0 Å². The van der Waals surface area contributed by atoms with Gasteiger partial charge in [-0.25, -0.2) is 9.97 Å². The highest BCUT2D eigenvalue weighted by molar-refractivity contribution is 6.29. The molecule has 0 aliphatic carbocycles. The number of anilines is 2. The predicted octanol–water partition coefficient (Wildman–Crippen LogP) is 2.16. The first-order valence-electron chi connectivity index (χ1n) is 5.01. The Morgan fingerprint density at radius 1 is 1.41 bits per heavy atom. The van der Waals surface area contributed by atoms with Crippen molar-refractivity contribution >= 4 is 29.0 Å². The molecule has 3 rings (SSSR count). The molecule has 0 aliphatic rings. The number of imidazole rings is 1. The van der Waals surface area contributed by atoms with Crippen molar-refractivity contribution < 1.29 is 0 Å². The van der Waals surface area contributed by atoms with Crippen molar-refractivity contribution in [2.45, 2.75) is 6.92 Å².